The van der Waals surface area contributed by atoms with Crippen LogP contribution in [0.2, 0.25) is 0 Å². The molecule has 0 unspecified atom stereocenters. The Kier molecular flexibility index (Phi) is 7.06. The molecule has 0 aliphatic heterocycles. The molecule has 2 rings (SSSR count). The van der Waals surface area contributed by atoms with E-state index in [1.54, 1.807) is 0 Å². The van der Waals surface area contributed by atoms with Crippen LogP contribution >= 0.6 is 11.3 Å². The van der Waals surface area contributed by atoms with E-state index in [0.717, 1.165) is 22.7 Å². The van der Waals surface area contributed by atoms with Crippen molar-refractivity contribution in [2.24, 2.45) is 0 Å². The van der Waals surface area contributed by atoms with E-state index in [0.29, 0.717) is 24.3 Å². The van der Waals surface area contributed by atoms with Crippen LogP contribution in [0.3, 0.4) is 0 Å². The Morgan fingerprint density at radius 1 is 1.20 bits per heavy atom. The molecule has 1 heterocycles. The van der Waals surface area contributed by atoms with Crippen LogP contribution in [0.5, 0.6) is 0 Å². The van der Waals surface area contributed by atoms with Crippen molar-refractivity contribution in [1.29, 1.82) is 0 Å². The normalized spacial score (nSPS) is 11.8. The van der Waals surface area contributed by atoms with Crippen LogP contribution in [-0.2, 0) is 11.2 Å². The Morgan fingerprint density at radius 2 is 1.92 bits per heavy atom. The smallest absolute Gasteiger partial charge is 0.286 e. The highest BCUT2D eigenvalue weighted by molar-refractivity contribution is 7.13. The van der Waals surface area contributed by atoms with Gasteiger partial charge in [0.2, 0.25) is 10.9 Å². The van der Waals surface area contributed by atoms with Gasteiger partial charge in [-0.25, -0.2) is 0 Å². The Hall–Kier alpha value is -2.28. The van der Waals surface area contributed by atoms with E-state index >= 15 is 0 Å². The number of rotatable bonds is 8. The maximum absolute atomic E-state index is 12.2. The van der Waals surface area contributed by atoms with E-state index in [2.05, 4.69) is 20.8 Å². The van der Waals surface area contributed by atoms with Gasteiger partial charge in [-0.05, 0) is 38.8 Å². The summed E-state index contributed by atoms with van der Waals surface area (Å²) in [5.41, 5.74) is 1.86. The van der Waals surface area contributed by atoms with Gasteiger partial charge in [0.05, 0.1) is 0 Å². The molecule has 7 heteroatoms. The number of aromatic nitrogens is 2. The molecule has 25 heavy (non-hydrogen) atoms. The molecule has 2 aromatic rings. The third kappa shape index (κ3) is 6.26. The summed E-state index contributed by atoms with van der Waals surface area (Å²) in [6.45, 7) is 6.02. The summed E-state index contributed by atoms with van der Waals surface area (Å²) >= 11 is 1.27. The fraction of sp³-hybridized carbons (Fsp3) is 0.444. The Morgan fingerprint density at radius 3 is 2.60 bits per heavy atom. The first-order chi connectivity index (χ1) is 12.0. The number of nitrogens with zero attached hydrogens (tertiary/aromatic N) is 2. The van der Waals surface area contributed by atoms with Crippen LogP contribution < -0.4 is 10.6 Å². The average molecular weight is 360 g/mol. The number of carbonyl (C=O) groups excluding carboxylic acids is 2. The molecular weight excluding hydrogens is 336 g/mol. The van der Waals surface area contributed by atoms with E-state index in [1.165, 1.54) is 11.3 Å². The molecule has 1 atom stereocenters. The van der Waals surface area contributed by atoms with Crippen LogP contribution in [0.4, 0.5) is 5.69 Å². The highest BCUT2D eigenvalue weighted by Gasteiger charge is 2.13. The van der Waals surface area contributed by atoms with Gasteiger partial charge >= 0.3 is 0 Å². The van der Waals surface area contributed by atoms with Crippen LogP contribution in [-0.4, -0.2) is 28.1 Å². The lowest BCUT2D eigenvalue weighted by Crippen LogP contribution is -2.31. The van der Waals surface area contributed by atoms with Gasteiger partial charge in [0.1, 0.15) is 5.01 Å². The summed E-state index contributed by atoms with van der Waals surface area (Å²) in [5, 5.41) is 14.8. The number of nitrogens with one attached hydrogen (secondary N) is 2. The molecule has 0 saturated heterocycles. The molecule has 0 fully saturated rings. The van der Waals surface area contributed by atoms with Crippen molar-refractivity contribution in [1.82, 2.24) is 15.5 Å². The summed E-state index contributed by atoms with van der Waals surface area (Å²) in [5.74, 6) is -0.210. The van der Waals surface area contributed by atoms with Crippen molar-refractivity contribution in [3.63, 3.8) is 0 Å². The summed E-state index contributed by atoms with van der Waals surface area (Å²) in [7, 11) is 0. The van der Waals surface area contributed by atoms with E-state index < -0.39 is 0 Å². The first kappa shape index (κ1) is 19.1. The summed E-state index contributed by atoms with van der Waals surface area (Å²) in [6.07, 6.45) is 2.70. The van der Waals surface area contributed by atoms with Gasteiger partial charge in [0, 0.05) is 24.6 Å². The second-order valence-corrected chi connectivity index (χ2v) is 7.11. The maximum Gasteiger partial charge on any atom is 0.286 e. The minimum absolute atomic E-state index is 0.0520. The van der Waals surface area contributed by atoms with Gasteiger partial charge in [-0.3, -0.25) is 9.59 Å². The lowest BCUT2D eigenvalue weighted by atomic mass is 10.2. The predicted molar refractivity (Wildman–Crippen MR) is 99.9 cm³/mol. The fourth-order valence-electron chi connectivity index (χ4n) is 2.12. The number of carbonyl (C=O) groups is 2. The number of amides is 2. The third-order valence-corrected chi connectivity index (χ3v) is 4.77. The molecule has 0 radical (unpaired) electrons. The standard InChI is InChI=1S/C18H24N4O2S/c1-4-13(3)19-15(23)6-5-7-16-21-22-18(25-16)17(24)20-14-10-8-12(2)9-11-14/h8-11,13H,4-7H2,1-3H3,(H,19,23)(H,20,24)/t13-/m0/s1. The lowest BCUT2D eigenvalue weighted by Gasteiger charge is -2.10. The molecule has 1 aromatic carbocycles. The van der Waals surface area contributed by atoms with Gasteiger partial charge in [-0.15, -0.1) is 10.2 Å². The second-order valence-electron chi connectivity index (χ2n) is 6.05. The second kappa shape index (κ2) is 9.27. The first-order valence-corrected chi connectivity index (χ1v) is 9.29. The maximum atomic E-state index is 12.2. The molecule has 0 spiro atoms. The number of hydrogen-bond donors (Lipinski definition) is 2. The number of anilines is 1. The largest absolute Gasteiger partial charge is 0.354 e. The van der Waals surface area contributed by atoms with Crippen molar-refractivity contribution >= 4 is 28.8 Å². The molecule has 0 aliphatic carbocycles. The van der Waals surface area contributed by atoms with E-state index in [9.17, 15) is 9.59 Å². The number of benzene rings is 1. The van der Waals surface area contributed by atoms with E-state index in [-0.39, 0.29) is 17.9 Å². The highest BCUT2D eigenvalue weighted by atomic mass is 32.1. The summed E-state index contributed by atoms with van der Waals surface area (Å²) in [4.78, 5) is 23.9. The Labute approximate surface area is 152 Å². The molecule has 2 amide bonds. The third-order valence-electron chi connectivity index (χ3n) is 3.78. The Balaban J connectivity index is 1.80. The van der Waals surface area contributed by atoms with Gasteiger partial charge in [0.25, 0.3) is 5.91 Å². The molecule has 6 nitrogen and oxygen atoms in total. The van der Waals surface area contributed by atoms with Crippen molar-refractivity contribution in [2.75, 3.05) is 5.32 Å². The highest BCUT2D eigenvalue weighted by Crippen LogP contribution is 2.15. The van der Waals surface area contributed by atoms with Crippen molar-refractivity contribution in [3.05, 3.63) is 39.8 Å². The van der Waals surface area contributed by atoms with Crippen LogP contribution in [0.25, 0.3) is 0 Å². The van der Waals surface area contributed by atoms with E-state index in [4.69, 9.17) is 0 Å². The molecule has 134 valence electrons. The molecule has 0 aliphatic rings. The van der Waals surface area contributed by atoms with Gasteiger partial charge in [-0.2, -0.15) is 0 Å². The predicted octanol–water partition coefficient (Wildman–Crippen LogP) is 3.34. The number of aryl methyl sites for hydroxylation is 2. The number of hydrogen-bond acceptors (Lipinski definition) is 5. The summed E-state index contributed by atoms with van der Waals surface area (Å²) < 4.78 is 0. The van der Waals surface area contributed by atoms with Crippen molar-refractivity contribution < 1.29 is 9.59 Å². The minimum atomic E-state index is -0.262. The average Bonchev–Trinajstić information content (AvgIpc) is 3.06. The minimum Gasteiger partial charge on any atom is -0.354 e. The first-order valence-electron chi connectivity index (χ1n) is 8.47. The van der Waals surface area contributed by atoms with Crippen molar-refractivity contribution in [3.8, 4) is 0 Å². The Bertz CT molecular complexity index is 712. The van der Waals surface area contributed by atoms with Crippen LogP contribution in [0.15, 0.2) is 24.3 Å². The van der Waals surface area contributed by atoms with Gasteiger partial charge in [0.15, 0.2) is 0 Å². The zero-order chi connectivity index (χ0) is 18.2. The van der Waals surface area contributed by atoms with Crippen molar-refractivity contribution in [2.45, 2.75) is 52.5 Å². The van der Waals surface area contributed by atoms with Gasteiger partial charge in [-0.1, -0.05) is 36.0 Å². The molecule has 0 bridgehead atoms. The molecular formula is C18H24N4O2S. The molecule has 1 aromatic heterocycles. The topological polar surface area (TPSA) is 84.0 Å². The zero-order valence-electron chi connectivity index (χ0n) is 14.8. The SMILES string of the molecule is CC[C@H](C)NC(=O)CCCc1nnc(C(=O)Nc2ccc(C)cc2)s1. The zero-order valence-corrected chi connectivity index (χ0v) is 15.7. The fourth-order valence-corrected chi connectivity index (χ4v) is 2.89. The van der Waals surface area contributed by atoms with Gasteiger partial charge < -0.3 is 10.6 Å². The summed E-state index contributed by atoms with van der Waals surface area (Å²) in [6, 6.07) is 7.78. The van der Waals surface area contributed by atoms with Crippen LogP contribution in [0, 0.1) is 6.92 Å². The van der Waals surface area contributed by atoms with Crippen LogP contribution in [0.1, 0.15) is 53.5 Å². The lowest BCUT2D eigenvalue weighted by molar-refractivity contribution is -0.121. The quantitative estimate of drug-likeness (QED) is 0.756. The molecule has 2 N–H and O–H groups in total. The monoisotopic (exact) mass is 360 g/mol. The molecule has 0 saturated carbocycles. The van der Waals surface area contributed by atoms with E-state index in [1.807, 2.05) is 45.0 Å².